The molecule has 2 rings (SSSR count). The lowest BCUT2D eigenvalue weighted by Crippen LogP contribution is -2.49. The Hall–Kier alpha value is -2.64. The highest BCUT2D eigenvalue weighted by atomic mass is 16.1. The van der Waals surface area contributed by atoms with Crippen molar-refractivity contribution >= 4 is 23.6 Å². The van der Waals surface area contributed by atoms with Crippen LogP contribution in [0, 0.1) is 0 Å². The first-order valence-electron chi connectivity index (χ1n) is 6.11. The molecular weight excluding hydrogens is 260 g/mol. The molecule has 0 atom stereocenters. The van der Waals surface area contributed by atoms with E-state index in [4.69, 9.17) is 11.5 Å². The Morgan fingerprint density at radius 2 is 2.10 bits per heavy atom. The van der Waals surface area contributed by atoms with Crippen molar-refractivity contribution in [3.8, 4) is 0 Å². The predicted molar refractivity (Wildman–Crippen MR) is 73.7 cm³/mol. The third kappa shape index (κ3) is 3.02. The van der Waals surface area contributed by atoms with Crippen LogP contribution in [0.2, 0.25) is 0 Å². The maximum absolute atomic E-state index is 11.1. The van der Waals surface area contributed by atoms with Gasteiger partial charge >= 0.3 is 0 Å². The number of nitrogen functional groups attached to an aromatic ring is 1. The molecule has 8 nitrogen and oxygen atoms in total. The van der Waals surface area contributed by atoms with Gasteiger partial charge in [0.1, 0.15) is 5.82 Å². The Kier molecular flexibility index (Phi) is 3.83. The number of carbonyl (C=O) groups excluding carboxylic acids is 2. The molecular formula is C12H16N6O2. The van der Waals surface area contributed by atoms with Crippen LogP contribution < -0.4 is 22.1 Å². The number of hydrogen-bond acceptors (Lipinski definition) is 6. The van der Waals surface area contributed by atoms with E-state index in [1.807, 2.05) is 0 Å². The molecule has 8 heteroatoms. The average Bonchev–Trinajstić information content (AvgIpc) is 2.35. The van der Waals surface area contributed by atoms with Gasteiger partial charge in [-0.2, -0.15) is 4.98 Å². The van der Waals surface area contributed by atoms with Crippen LogP contribution in [0.4, 0.5) is 11.8 Å². The minimum absolute atomic E-state index is 0.0471. The second kappa shape index (κ2) is 5.55. The van der Waals surface area contributed by atoms with Crippen molar-refractivity contribution in [3.05, 3.63) is 24.4 Å². The van der Waals surface area contributed by atoms with Gasteiger partial charge in [-0.05, 0) is 18.9 Å². The zero-order chi connectivity index (χ0) is 14.7. The Morgan fingerprint density at radius 1 is 1.40 bits per heavy atom. The van der Waals surface area contributed by atoms with E-state index in [0.29, 0.717) is 5.95 Å². The Labute approximate surface area is 115 Å². The van der Waals surface area contributed by atoms with E-state index in [9.17, 15) is 9.59 Å². The largest absolute Gasteiger partial charge is 0.383 e. The molecule has 1 saturated carbocycles. The number of nitrogens with two attached hydrogens (primary N) is 2. The smallest absolute Gasteiger partial charge is 0.254 e. The molecule has 6 N–H and O–H groups in total. The van der Waals surface area contributed by atoms with Crippen LogP contribution >= 0.6 is 0 Å². The van der Waals surface area contributed by atoms with Crippen molar-refractivity contribution in [2.45, 2.75) is 24.9 Å². The highest BCUT2D eigenvalue weighted by Gasteiger charge is 2.30. The van der Waals surface area contributed by atoms with E-state index in [0.717, 1.165) is 12.8 Å². The van der Waals surface area contributed by atoms with Crippen LogP contribution in [0.25, 0.3) is 0 Å². The fourth-order valence-corrected chi connectivity index (χ4v) is 1.95. The van der Waals surface area contributed by atoms with E-state index in [-0.39, 0.29) is 29.4 Å². The molecule has 1 aromatic rings. The minimum atomic E-state index is -0.662. The normalized spacial score (nSPS) is 20.6. The highest BCUT2D eigenvalue weighted by Crippen LogP contribution is 2.23. The molecule has 1 aromatic heterocycles. The summed E-state index contributed by atoms with van der Waals surface area (Å²) in [6.45, 7) is 3.39. The van der Waals surface area contributed by atoms with Crippen molar-refractivity contribution in [3.63, 3.8) is 0 Å². The zero-order valence-electron chi connectivity index (χ0n) is 10.8. The van der Waals surface area contributed by atoms with E-state index >= 15 is 0 Å². The van der Waals surface area contributed by atoms with Gasteiger partial charge in [0.05, 0.1) is 5.56 Å². The lowest BCUT2D eigenvalue weighted by molar-refractivity contribution is -0.117. The van der Waals surface area contributed by atoms with Crippen LogP contribution in [0.15, 0.2) is 18.9 Å². The SMILES string of the molecule is C=CC(=O)N[C@H]1C[C@@H](Nc2ncc(C(N)=O)c(N)n2)C1. The number of hydrogen-bond donors (Lipinski definition) is 4. The molecule has 106 valence electrons. The average molecular weight is 276 g/mol. The number of aromatic nitrogens is 2. The van der Waals surface area contributed by atoms with Gasteiger partial charge in [0, 0.05) is 18.3 Å². The number of nitrogens with zero attached hydrogens (tertiary/aromatic N) is 2. The Morgan fingerprint density at radius 3 is 2.65 bits per heavy atom. The number of nitrogens with one attached hydrogen (secondary N) is 2. The lowest BCUT2D eigenvalue weighted by Gasteiger charge is -2.36. The third-order valence-electron chi connectivity index (χ3n) is 3.09. The summed E-state index contributed by atoms with van der Waals surface area (Å²) in [4.78, 5) is 30.0. The van der Waals surface area contributed by atoms with Crippen LogP contribution in [-0.4, -0.2) is 33.9 Å². The maximum atomic E-state index is 11.1. The van der Waals surface area contributed by atoms with Gasteiger partial charge in [0.15, 0.2) is 0 Å². The van der Waals surface area contributed by atoms with Crippen LogP contribution in [-0.2, 0) is 4.79 Å². The fraction of sp³-hybridized carbons (Fsp3) is 0.333. The topological polar surface area (TPSA) is 136 Å². The summed E-state index contributed by atoms with van der Waals surface area (Å²) in [6.07, 6.45) is 4.07. The summed E-state index contributed by atoms with van der Waals surface area (Å²) in [5, 5.41) is 5.87. The first-order chi connectivity index (χ1) is 9.49. The molecule has 0 spiro atoms. The third-order valence-corrected chi connectivity index (χ3v) is 3.09. The monoisotopic (exact) mass is 276 g/mol. The summed E-state index contributed by atoms with van der Waals surface area (Å²) in [5.74, 6) is -0.457. The van der Waals surface area contributed by atoms with Crippen LogP contribution in [0.1, 0.15) is 23.2 Å². The molecule has 20 heavy (non-hydrogen) atoms. The molecule has 1 aliphatic rings. The van der Waals surface area contributed by atoms with Crippen LogP contribution in [0.5, 0.6) is 0 Å². The van der Waals surface area contributed by atoms with E-state index in [1.165, 1.54) is 12.3 Å². The van der Waals surface area contributed by atoms with Crippen molar-refractivity contribution < 1.29 is 9.59 Å². The van der Waals surface area contributed by atoms with Crippen LogP contribution in [0.3, 0.4) is 0 Å². The summed E-state index contributed by atoms with van der Waals surface area (Å²) < 4.78 is 0. The van der Waals surface area contributed by atoms with Gasteiger partial charge in [0.2, 0.25) is 11.9 Å². The number of anilines is 2. The molecule has 0 unspecified atom stereocenters. The molecule has 0 aromatic carbocycles. The zero-order valence-corrected chi connectivity index (χ0v) is 10.8. The molecule has 0 saturated heterocycles. The predicted octanol–water partition coefficient (Wildman–Crippen LogP) is -0.597. The van der Waals surface area contributed by atoms with Gasteiger partial charge in [-0.15, -0.1) is 0 Å². The maximum Gasteiger partial charge on any atom is 0.254 e. The summed E-state index contributed by atoms with van der Waals surface area (Å²) in [7, 11) is 0. The van der Waals surface area contributed by atoms with Gasteiger partial charge < -0.3 is 22.1 Å². The van der Waals surface area contributed by atoms with Crippen molar-refractivity contribution in [1.29, 1.82) is 0 Å². The van der Waals surface area contributed by atoms with Gasteiger partial charge in [-0.3, -0.25) is 9.59 Å². The molecule has 2 amide bonds. The summed E-state index contributed by atoms with van der Waals surface area (Å²) in [5.41, 5.74) is 10.8. The Balaban J connectivity index is 1.87. The number of amides is 2. The number of carbonyl (C=O) groups is 2. The second-order valence-corrected chi connectivity index (χ2v) is 4.58. The summed E-state index contributed by atoms with van der Waals surface area (Å²) >= 11 is 0. The van der Waals surface area contributed by atoms with Gasteiger partial charge in [-0.25, -0.2) is 4.98 Å². The molecule has 0 bridgehead atoms. The lowest BCUT2D eigenvalue weighted by atomic mass is 9.87. The van der Waals surface area contributed by atoms with Crippen molar-refractivity contribution in [2.75, 3.05) is 11.1 Å². The van der Waals surface area contributed by atoms with Crippen molar-refractivity contribution in [2.24, 2.45) is 5.73 Å². The molecule has 1 heterocycles. The fourth-order valence-electron chi connectivity index (χ4n) is 1.95. The molecule has 1 aliphatic carbocycles. The number of primary amides is 1. The van der Waals surface area contributed by atoms with Crippen molar-refractivity contribution in [1.82, 2.24) is 15.3 Å². The minimum Gasteiger partial charge on any atom is -0.383 e. The first kappa shape index (κ1) is 13.8. The van der Waals surface area contributed by atoms with E-state index < -0.39 is 5.91 Å². The standard InChI is InChI=1S/C12H16N6O2/c1-2-9(19)16-6-3-7(4-6)17-12-15-5-8(11(14)20)10(13)18-12/h2,5-7H,1,3-4H2,(H2,14,20)(H,16,19)(H3,13,15,17,18)/t6-,7+. The molecule has 0 radical (unpaired) electrons. The molecule has 1 fully saturated rings. The van der Waals surface area contributed by atoms with Gasteiger partial charge in [-0.1, -0.05) is 6.58 Å². The van der Waals surface area contributed by atoms with Gasteiger partial charge in [0.25, 0.3) is 5.91 Å². The van der Waals surface area contributed by atoms with E-state index in [1.54, 1.807) is 0 Å². The quantitative estimate of drug-likeness (QED) is 0.530. The molecule has 0 aliphatic heterocycles. The first-order valence-corrected chi connectivity index (χ1v) is 6.11. The number of rotatable bonds is 5. The highest BCUT2D eigenvalue weighted by molar-refractivity contribution is 5.96. The summed E-state index contributed by atoms with van der Waals surface area (Å²) in [6, 6.07) is 0.282. The second-order valence-electron chi connectivity index (χ2n) is 4.58. The Bertz CT molecular complexity index is 553. The van der Waals surface area contributed by atoms with E-state index in [2.05, 4.69) is 27.2 Å².